The maximum absolute atomic E-state index is 12.6. The minimum atomic E-state index is -0.456. The molecule has 1 saturated heterocycles. The van der Waals surface area contributed by atoms with E-state index in [4.69, 9.17) is 5.73 Å². The first-order chi connectivity index (χ1) is 10.8. The number of rotatable bonds is 5. The molecule has 1 aromatic rings. The first kappa shape index (κ1) is 24.5. The molecule has 0 saturated carbocycles. The van der Waals surface area contributed by atoms with Gasteiger partial charge >= 0.3 is 0 Å². The van der Waals surface area contributed by atoms with E-state index in [2.05, 4.69) is 22.9 Å². The Hall–Kier alpha value is -0.530. The molecule has 0 bridgehead atoms. The fraction of sp³-hybridized carbons (Fsp3) is 0.647. The summed E-state index contributed by atoms with van der Waals surface area (Å²) in [6.07, 6.45) is 3.84. The van der Waals surface area contributed by atoms with Gasteiger partial charge in [0.05, 0.1) is 11.7 Å². The number of halogens is 2. The molecule has 144 valence electrons. The van der Waals surface area contributed by atoms with Gasteiger partial charge in [-0.3, -0.25) is 14.7 Å². The van der Waals surface area contributed by atoms with Crippen molar-refractivity contribution >= 4 is 42.5 Å². The van der Waals surface area contributed by atoms with Crippen LogP contribution in [0.5, 0.6) is 0 Å². The molecule has 5 nitrogen and oxygen atoms in total. The molecule has 0 spiro atoms. The van der Waals surface area contributed by atoms with Crippen LogP contribution in [0, 0.1) is 6.92 Å². The molecule has 1 aliphatic heterocycles. The standard InChI is InChI=1S/C17H28N4OS.2ClH/c1-13-6-5-7-19-14(13)12-20-8-10-21(11-9-20)16(22)15(18)17(2,3)23-4;;/h5-7,15H,8-12,18H2,1-4H3;2*1H/t15-;;/m1../s1. The van der Waals surface area contributed by atoms with Crippen LogP contribution in [0.2, 0.25) is 0 Å². The molecule has 0 aliphatic carbocycles. The lowest BCUT2D eigenvalue weighted by atomic mass is 10.0. The van der Waals surface area contributed by atoms with E-state index in [0.29, 0.717) is 0 Å². The lowest BCUT2D eigenvalue weighted by Crippen LogP contribution is -2.57. The molecule has 2 rings (SSSR count). The summed E-state index contributed by atoms with van der Waals surface area (Å²) in [4.78, 5) is 21.3. The van der Waals surface area contributed by atoms with E-state index in [9.17, 15) is 4.79 Å². The van der Waals surface area contributed by atoms with Crippen LogP contribution in [0.25, 0.3) is 0 Å². The second-order valence-corrected chi connectivity index (χ2v) is 8.11. The molecule has 0 aromatic carbocycles. The highest BCUT2D eigenvalue weighted by Crippen LogP contribution is 2.25. The molecule has 0 radical (unpaired) electrons. The Labute approximate surface area is 167 Å². The van der Waals surface area contributed by atoms with Gasteiger partial charge in [0, 0.05) is 43.7 Å². The third kappa shape index (κ3) is 6.29. The van der Waals surface area contributed by atoms with E-state index in [-0.39, 0.29) is 35.5 Å². The maximum Gasteiger partial charge on any atom is 0.240 e. The number of aromatic nitrogens is 1. The molecule has 1 fully saturated rings. The summed E-state index contributed by atoms with van der Waals surface area (Å²) in [6, 6.07) is 3.60. The third-order valence-corrected chi connectivity index (χ3v) is 6.02. The minimum absolute atomic E-state index is 0. The number of aryl methyl sites for hydroxylation is 1. The van der Waals surface area contributed by atoms with Crippen molar-refractivity contribution in [1.82, 2.24) is 14.8 Å². The van der Waals surface area contributed by atoms with E-state index >= 15 is 0 Å². The number of pyridine rings is 1. The van der Waals surface area contributed by atoms with Crippen LogP contribution in [0.15, 0.2) is 18.3 Å². The average molecular weight is 409 g/mol. The third-order valence-electron chi connectivity index (χ3n) is 4.72. The summed E-state index contributed by atoms with van der Waals surface area (Å²) >= 11 is 1.64. The van der Waals surface area contributed by atoms with Crippen molar-refractivity contribution in [1.29, 1.82) is 0 Å². The Morgan fingerprint density at radius 1 is 1.32 bits per heavy atom. The predicted molar refractivity (Wildman–Crippen MR) is 111 cm³/mol. The van der Waals surface area contributed by atoms with Crippen LogP contribution in [0.4, 0.5) is 0 Å². The summed E-state index contributed by atoms with van der Waals surface area (Å²) < 4.78 is -0.237. The number of carbonyl (C=O) groups is 1. The van der Waals surface area contributed by atoms with Gasteiger partial charge in [0.1, 0.15) is 0 Å². The molecule has 2 N–H and O–H groups in total. The number of nitrogens with two attached hydrogens (primary N) is 1. The second-order valence-electron chi connectivity index (χ2n) is 6.65. The molecule has 8 heteroatoms. The molecule has 0 unspecified atom stereocenters. The summed E-state index contributed by atoms with van der Waals surface area (Å²) in [7, 11) is 0. The topological polar surface area (TPSA) is 62.5 Å². The molecular weight excluding hydrogens is 379 g/mol. The van der Waals surface area contributed by atoms with Gasteiger partial charge in [0.15, 0.2) is 0 Å². The summed E-state index contributed by atoms with van der Waals surface area (Å²) in [5, 5.41) is 0. The first-order valence-electron chi connectivity index (χ1n) is 8.07. The van der Waals surface area contributed by atoms with Crippen molar-refractivity contribution in [3.8, 4) is 0 Å². The Morgan fingerprint density at radius 3 is 2.44 bits per heavy atom. The van der Waals surface area contributed by atoms with Crippen molar-refractivity contribution in [2.24, 2.45) is 5.73 Å². The Morgan fingerprint density at radius 2 is 1.92 bits per heavy atom. The van der Waals surface area contributed by atoms with Crippen molar-refractivity contribution in [3.63, 3.8) is 0 Å². The highest BCUT2D eigenvalue weighted by molar-refractivity contribution is 8.00. The quantitative estimate of drug-likeness (QED) is 0.809. The molecule has 1 amide bonds. The summed E-state index contributed by atoms with van der Waals surface area (Å²) in [5.74, 6) is 0.0676. The number of carbonyl (C=O) groups excluding carboxylic acids is 1. The highest BCUT2D eigenvalue weighted by Gasteiger charge is 2.35. The van der Waals surface area contributed by atoms with Gasteiger partial charge in [0.25, 0.3) is 0 Å². The predicted octanol–water partition coefficient (Wildman–Crippen LogP) is 2.35. The van der Waals surface area contributed by atoms with E-state index in [1.807, 2.05) is 37.3 Å². The largest absolute Gasteiger partial charge is 0.339 e. The zero-order chi connectivity index (χ0) is 17.0. The Balaban J connectivity index is 0.00000288. The zero-order valence-corrected chi connectivity index (χ0v) is 17.8. The van der Waals surface area contributed by atoms with Crippen molar-refractivity contribution < 1.29 is 4.79 Å². The maximum atomic E-state index is 12.6. The smallest absolute Gasteiger partial charge is 0.240 e. The summed E-state index contributed by atoms with van der Waals surface area (Å²) in [6.45, 7) is 10.2. The second kappa shape index (κ2) is 10.6. The Bertz CT molecular complexity index is 551. The zero-order valence-electron chi connectivity index (χ0n) is 15.4. The number of amides is 1. The van der Waals surface area contributed by atoms with E-state index in [1.165, 1.54) is 5.56 Å². The van der Waals surface area contributed by atoms with Crippen molar-refractivity contribution in [2.45, 2.75) is 38.1 Å². The molecule has 1 atom stereocenters. The Kier molecular flexibility index (Phi) is 10.4. The van der Waals surface area contributed by atoms with E-state index in [0.717, 1.165) is 38.4 Å². The lowest BCUT2D eigenvalue weighted by molar-refractivity contribution is -0.135. The number of nitrogens with zero attached hydrogens (tertiary/aromatic N) is 3. The van der Waals surface area contributed by atoms with Crippen LogP contribution >= 0.6 is 36.6 Å². The van der Waals surface area contributed by atoms with E-state index in [1.54, 1.807) is 11.8 Å². The van der Waals surface area contributed by atoms with Crippen molar-refractivity contribution in [3.05, 3.63) is 29.6 Å². The van der Waals surface area contributed by atoms with Gasteiger partial charge in [-0.1, -0.05) is 6.07 Å². The molecule has 25 heavy (non-hydrogen) atoms. The first-order valence-corrected chi connectivity index (χ1v) is 9.30. The van der Waals surface area contributed by atoms with Crippen LogP contribution < -0.4 is 5.73 Å². The van der Waals surface area contributed by atoms with Gasteiger partial charge < -0.3 is 10.6 Å². The minimum Gasteiger partial charge on any atom is -0.339 e. The highest BCUT2D eigenvalue weighted by atomic mass is 35.5. The van der Waals surface area contributed by atoms with Gasteiger partial charge in [0.2, 0.25) is 5.91 Å². The van der Waals surface area contributed by atoms with Crippen LogP contribution in [-0.2, 0) is 11.3 Å². The fourth-order valence-corrected chi connectivity index (χ4v) is 3.00. The van der Waals surface area contributed by atoms with Crippen LogP contribution in [-0.4, -0.2) is 63.9 Å². The van der Waals surface area contributed by atoms with Gasteiger partial charge in [-0.25, -0.2) is 0 Å². The van der Waals surface area contributed by atoms with Crippen LogP contribution in [0.3, 0.4) is 0 Å². The molecular formula is C17H30Cl2N4OS. The molecule has 2 heterocycles. The average Bonchev–Trinajstić information content (AvgIpc) is 2.56. The number of hydrogen-bond donors (Lipinski definition) is 1. The SMILES string of the molecule is CSC(C)(C)[C@H](N)C(=O)N1CCN(Cc2ncccc2C)CC1.Cl.Cl. The normalized spacial score (nSPS) is 16.6. The number of hydrogen-bond acceptors (Lipinski definition) is 5. The van der Waals surface area contributed by atoms with Crippen LogP contribution in [0.1, 0.15) is 25.1 Å². The van der Waals surface area contributed by atoms with Gasteiger partial charge in [-0.15, -0.1) is 24.8 Å². The van der Waals surface area contributed by atoms with E-state index < -0.39 is 6.04 Å². The monoisotopic (exact) mass is 408 g/mol. The molecule has 1 aliphatic rings. The van der Waals surface area contributed by atoms with Crippen molar-refractivity contribution in [2.75, 3.05) is 32.4 Å². The number of thioether (sulfide) groups is 1. The lowest BCUT2D eigenvalue weighted by Gasteiger charge is -2.38. The molecule has 1 aromatic heterocycles. The summed E-state index contributed by atoms with van der Waals surface area (Å²) in [5.41, 5.74) is 8.51. The van der Waals surface area contributed by atoms with Gasteiger partial charge in [-0.2, -0.15) is 11.8 Å². The van der Waals surface area contributed by atoms with Gasteiger partial charge in [-0.05, 0) is 38.7 Å². The fourth-order valence-electron chi connectivity index (χ4n) is 2.64. The number of piperazine rings is 1.